The number of aromatic nitrogens is 1. The van der Waals surface area contributed by atoms with Crippen LogP contribution in [0.15, 0.2) is 73.1 Å². The molecule has 0 saturated heterocycles. The average molecular weight is 416 g/mol. The van der Waals surface area contributed by atoms with Gasteiger partial charge in [0.15, 0.2) is 0 Å². The molecule has 0 atom stereocenters. The molecule has 1 heterocycles. The molecule has 0 unspecified atom stereocenters. The first kappa shape index (κ1) is 21.7. The van der Waals surface area contributed by atoms with Crippen LogP contribution in [-0.2, 0) is 5.41 Å². The molecule has 0 radical (unpaired) electrons. The number of hydrazine groups is 1. The van der Waals surface area contributed by atoms with Gasteiger partial charge in [-0.15, -0.1) is 0 Å². The molecule has 0 aliphatic rings. The number of amides is 3. The molecule has 158 valence electrons. The van der Waals surface area contributed by atoms with Crippen molar-refractivity contribution in [3.8, 4) is 0 Å². The summed E-state index contributed by atoms with van der Waals surface area (Å²) in [6.45, 7) is 6.35. The van der Waals surface area contributed by atoms with Gasteiger partial charge in [-0.25, -0.2) is 0 Å². The van der Waals surface area contributed by atoms with Crippen molar-refractivity contribution < 1.29 is 14.4 Å². The summed E-state index contributed by atoms with van der Waals surface area (Å²) in [6, 6.07) is 17.1. The number of nitrogens with zero attached hydrogens (tertiary/aromatic N) is 1. The van der Waals surface area contributed by atoms with Crippen LogP contribution in [0.4, 0.5) is 5.69 Å². The normalized spacial score (nSPS) is 10.8. The Morgan fingerprint density at radius 1 is 0.710 bits per heavy atom. The first-order valence-corrected chi connectivity index (χ1v) is 9.77. The molecule has 2 aromatic carbocycles. The zero-order chi connectivity index (χ0) is 22.4. The number of carbonyl (C=O) groups excluding carboxylic acids is 3. The summed E-state index contributed by atoms with van der Waals surface area (Å²) >= 11 is 0. The molecule has 3 aromatic rings. The molecule has 31 heavy (non-hydrogen) atoms. The number of rotatable bonds is 4. The zero-order valence-corrected chi connectivity index (χ0v) is 17.6. The van der Waals surface area contributed by atoms with Crippen molar-refractivity contribution in [2.45, 2.75) is 26.2 Å². The maximum absolute atomic E-state index is 12.5. The summed E-state index contributed by atoms with van der Waals surface area (Å²) in [5.74, 6) is -1.18. The van der Waals surface area contributed by atoms with E-state index in [-0.39, 0.29) is 11.3 Å². The summed E-state index contributed by atoms with van der Waals surface area (Å²) in [5, 5.41) is 2.81. The predicted molar refractivity (Wildman–Crippen MR) is 119 cm³/mol. The van der Waals surface area contributed by atoms with Crippen LogP contribution in [0.1, 0.15) is 57.4 Å². The van der Waals surface area contributed by atoms with Gasteiger partial charge in [0.05, 0.1) is 5.56 Å². The summed E-state index contributed by atoms with van der Waals surface area (Å²) < 4.78 is 0. The minimum absolute atomic E-state index is 0.0167. The van der Waals surface area contributed by atoms with E-state index in [1.807, 2.05) is 12.1 Å². The molecule has 3 amide bonds. The Labute approximate surface area is 180 Å². The first-order valence-electron chi connectivity index (χ1n) is 9.77. The van der Waals surface area contributed by atoms with Gasteiger partial charge in [0, 0.05) is 29.2 Å². The first-order chi connectivity index (χ1) is 14.7. The molecule has 7 nitrogen and oxygen atoms in total. The number of carbonyl (C=O) groups is 3. The zero-order valence-electron chi connectivity index (χ0n) is 17.6. The van der Waals surface area contributed by atoms with Gasteiger partial charge in [0.2, 0.25) is 0 Å². The van der Waals surface area contributed by atoms with Crippen LogP contribution in [0.2, 0.25) is 0 Å². The topological polar surface area (TPSA) is 100 Å². The van der Waals surface area contributed by atoms with E-state index in [4.69, 9.17) is 0 Å². The lowest BCUT2D eigenvalue weighted by Crippen LogP contribution is -2.41. The Balaban J connectivity index is 1.56. The van der Waals surface area contributed by atoms with Gasteiger partial charge in [-0.05, 0) is 59.5 Å². The van der Waals surface area contributed by atoms with Crippen LogP contribution < -0.4 is 16.2 Å². The fourth-order valence-corrected chi connectivity index (χ4v) is 2.78. The van der Waals surface area contributed by atoms with Crippen molar-refractivity contribution in [3.63, 3.8) is 0 Å². The van der Waals surface area contributed by atoms with Gasteiger partial charge in [-0.2, -0.15) is 0 Å². The van der Waals surface area contributed by atoms with Crippen molar-refractivity contribution in [2.75, 3.05) is 5.32 Å². The van der Waals surface area contributed by atoms with Crippen molar-refractivity contribution in [3.05, 3.63) is 95.3 Å². The summed E-state index contributed by atoms with van der Waals surface area (Å²) in [6.07, 6.45) is 2.95. The predicted octanol–water partition coefficient (Wildman–Crippen LogP) is 3.71. The molecular formula is C24H24N4O3. The van der Waals surface area contributed by atoms with Crippen LogP contribution in [0.5, 0.6) is 0 Å². The lowest BCUT2D eigenvalue weighted by Gasteiger charge is -2.19. The van der Waals surface area contributed by atoms with Crippen LogP contribution in [-0.4, -0.2) is 22.7 Å². The van der Waals surface area contributed by atoms with E-state index in [2.05, 4.69) is 41.9 Å². The van der Waals surface area contributed by atoms with E-state index in [1.165, 1.54) is 6.20 Å². The number of hydrogen-bond acceptors (Lipinski definition) is 4. The number of benzene rings is 2. The van der Waals surface area contributed by atoms with Gasteiger partial charge in [0.25, 0.3) is 17.7 Å². The van der Waals surface area contributed by atoms with Crippen molar-refractivity contribution in [1.82, 2.24) is 15.8 Å². The minimum Gasteiger partial charge on any atom is -0.322 e. The second-order valence-corrected chi connectivity index (χ2v) is 8.01. The van der Waals surface area contributed by atoms with E-state index < -0.39 is 11.8 Å². The smallest absolute Gasteiger partial charge is 0.271 e. The number of anilines is 1. The second kappa shape index (κ2) is 9.21. The van der Waals surface area contributed by atoms with E-state index in [9.17, 15) is 14.4 Å². The maximum Gasteiger partial charge on any atom is 0.271 e. The Hall–Kier alpha value is -4.00. The van der Waals surface area contributed by atoms with Crippen LogP contribution in [0.3, 0.4) is 0 Å². The lowest BCUT2D eigenvalue weighted by atomic mass is 9.87. The molecule has 3 rings (SSSR count). The summed E-state index contributed by atoms with van der Waals surface area (Å²) in [5.41, 5.74) is 7.61. The van der Waals surface area contributed by atoms with Crippen molar-refractivity contribution in [1.29, 1.82) is 0 Å². The SMILES string of the molecule is CC(C)(C)c1ccc(C(=O)Nc2ccc(C(=O)NNC(=O)c3cccnc3)cc2)cc1. The van der Waals surface area contributed by atoms with Gasteiger partial charge in [-0.1, -0.05) is 32.9 Å². The third-order valence-electron chi connectivity index (χ3n) is 4.63. The maximum atomic E-state index is 12.5. The molecule has 1 aromatic heterocycles. The highest BCUT2D eigenvalue weighted by molar-refractivity contribution is 6.04. The molecule has 0 aliphatic heterocycles. The highest BCUT2D eigenvalue weighted by Gasteiger charge is 2.15. The minimum atomic E-state index is -0.479. The molecule has 0 bridgehead atoms. The standard InChI is InChI=1S/C24H24N4O3/c1-24(2,3)19-10-6-16(7-11-19)21(29)26-20-12-8-17(9-13-20)22(30)27-28-23(31)18-5-4-14-25-15-18/h4-15H,1-3H3,(H,26,29)(H,27,30)(H,28,31). The Kier molecular flexibility index (Phi) is 6.45. The Morgan fingerprint density at radius 2 is 1.26 bits per heavy atom. The number of nitrogens with one attached hydrogen (secondary N) is 3. The van der Waals surface area contributed by atoms with Gasteiger partial charge in [0.1, 0.15) is 0 Å². The third kappa shape index (κ3) is 5.76. The quantitative estimate of drug-likeness (QED) is 0.565. The van der Waals surface area contributed by atoms with E-state index in [0.29, 0.717) is 22.4 Å². The highest BCUT2D eigenvalue weighted by atomic mass is 16.2. The monoisotopic (exact) mass is 416 g/mol. The van der Waals surface area contributed by atoms with Crippen molar-refractivity contribution in [2.24, 2.45) is 0 Å². The molecule has 0 spiro atoms. The second-order valence-electron chi connectivity index (χ2n) is 8.01. The summed E-state index contributed by atoms with van der Waals surface area (Å²) in [7, 11) is 0. The molecule has 0 saturated carbocycles. The average Bonchev–Trinajstić information content (AvgIpc) is 2.77. The highest BCUT2D eigenvalue weighted by Crippen LogP contribution is 2.22. The van der Waals surface area contributed by atoms with E-state index >= 15 is 0 Å². The summed E-state index contributed by atoms with van der Waals surface area (Å²) in [4.78, 5) is 40.5. The number of hydrogen-bond donors (Lipinski definition) is 3. The van der Waals surface area contributed by atoms with Gasteiger partial charge in [-0.3, -0.25) is 30.2 Å². The van der Waals surface area contributed by atoms with Gasteiger partial charge < -0.3 is 5.32 Å². The molecule has 7 heteroatoms. The third-order valence-corrected chi connectivity index (χ3v) is 4.63. The Morgan fingerprint density at radius 3 is 1.81 bits per heavy atom. The van der Waals surface area contributed by atoms with Crippen LogP contribution in [0.25, 0.3) is 0 Å². The largest absolute Gasteiger partial charge is 0.322 e. The van der Waals surface area contributed by atoms with Crippen LogP contribution in [0, 0.1) is 0 Å². The Bertz CT molecular complexity index is 1070. The number of pyridine rings is 1. The van der Waals surface area contributed by atoms with E-state index in [0.717, 1.165) is 5.56 Å². The fraction of sp³-hybridized carbons (Fsp3) is 0.167. The molecule has 0 aliphatic carbocycles. The fourth-order valence-electron chi connectivity index (χ4n) is 2.78. The van der Waals surface area contributed by atoms with Gasteiger partial charge >= 0.3 is 0 Å². The van der Waals surface area contributed by atoms with Crippen molar-refractivity contribution >= 4 is 23.4 Å². The molecular weight excluding hydrogens is 392 g/mol. The van der Waals surface area contributed by atoms with E-state index in [1.54, 1.807) is 54.7 Å². The molecule has 3 N–H and O–H groups in total. The van der Waals surface area contributed by atoms with Crippen LogP contribution >= 0.6 is 0 Å². The lowest BCUT2D eigenvalue weighted by molar-refractivity contribution is 0.0846. The molecule has 0 fully saturated rings.